The van der Waals surface area contributed by atoms with Gasteiger partial charge in [0.2, 0.25) is 0 Å². The van der Waals surface area contributed by atoms with Gasteiger partial charge in [-0.05, 0) is 30.5 Å². The molecule has 0 aliphatic carbocycles. The molecule has 0 N–H and O–H groups in total. The third-order valence-electron chi connectivity index (χ3n) is 2.34. The van der Waals surface area contributed by atoms with Crippen molar-refractivity contribution in [1.29, 1.82) is 0 Å². The van der Waals surface area contributed by atoms with Crippen LogP contribution in [0.1, 0.15) is 18.1 Å². The number of carbonyl (C=O) groups excluding carboxylic acids is 1. The number of esters is 1. The van der Waals surface area contributed by atoms with Crippen molar-refractivity contribution in [2.24, 2.45) is 0 Å². The lowest BCUT2D eigenvalue weighted by Crippen LogP contribution is -2.06. The first-order chi connectivity index (χ1) is 9.40. The molecule has 110 valence electrons. The van der Waals surface area contributed by atoms with Gasteiger partial charge in [-0.25, -0.2) is 4.79 Å². The van der Waals surface area contributed by atoms with Gasteiger partial charge in [0.15, 0.2) is 0 Å². The van der Waals surface area contributed by atoms with Crippen LogP contribution in [0, 0.1) is 0 Å². The van der Waals surface area contributed by atoms with Crippen molar-refractivity contribution in [3.8, 4) is 0 Å². The van der Waals surface area contributed by atoms with Gasteiger partial charge in [0.05, 0.1) is 19.5 Å². The lowest BCUT2D eigenvalue weighted by atomic mass is 10.1. The van der Waals surface area contributed by atoms with Crippen molar-refractivity contribution in [2.45, 2.75) is 13.3 Å². The number of hydrogen-bond acceptors (Lipinski definition) is 5. The van der Waals surface area contributed by atoms with Gasteiger partial charge < -0.3 is 4.74 Å². The van der Waals surface area contributed by atoms with Crippen LogP contribution >= 0.6 is 0 Å². The first-order valence-electron chi connectivity index (χ1n) is 6.19. The van der Waals surface area contributed by atoms with Crippen LogP contribution in [0.4, 0.5) is 0 Å². The van der Waals surface area contributed by atoms with E-state index in [4.69, 9.17) is 4.74 Å². The molecule has 1 rings (SSSR count). The lowest BCUT2D eigenvalue weighted by molar-refractivity contribution is -0.137. The number of rotatable bonds is 7. The van der Waals surface area contributed by atoms with E-state index in [0.717, 1.165) is 17.4 Å². The predicted molar refractivity (Wildman–Crippen MR) is 76.6 cm³/mol. The summed E-state index contributed by atoms with van der Waals surface area (Å²) < 4.78 is 31.2. The Morgan fingerprint density at radius 2 is 2.10 bits per heavy atom. The van der Waals surface area contributed by atoms with Crippen LogP contribution < -0.4 is 0 Å². The molecule has 0 spiro atoms. The molecule has 20 heavy (non-hydrogen) atoms. The van der Waals surface area contributed by atoms with Crippen LogP contribution in [0.3, 0.4) is 0 Å². The first-order valence-corrected chi connectivity index (χ1v) is 8.00. The molecule has 1 aromatic rings. The fourth-order valence-electron chi connectivity index (χ4n) is 1.52. The molecule has 0 fully saturated rings. The molecule has 0 saturated heterocycles. The summed E-state index contributed by atoms with van der Waals surface area (Å²) in [4.78, 5) is 11.2. The van der Waals surface area contributed by atoms with Gasteiger partial charge >= 0.3 is 5.97 Å². The predicted octanol–water partition coefficient (Wildman–Crippen LogP) is 1.78. The Kier molecular flexibility index (Phi) is 6.41. The van der Waals surface area contributed by atoms with Crippen molar-refractivity contribution in [2.75, 3.05) is 19.5 Å². The minimum absolute atomic E-state index is 0.101. The Bertz CT molecular complexity index is 575. The molecule has 5 nitrogen and oxygen atoms in total. The normalized spacial score (nSPS) is 11.7. The molecule has 0 saturated carbocycles. The highest BCUT2D eigenvalue weighted by molar-refractivity contribution is 7.85. The third kappa shape index (κ3) is 7.06. The monoisotopic (exact) mass is 298 g/mol. The summed E-state index contributed by atoms with van der Waals surface area (Å²) in [5.74, 6) is -0.390. The Morgan fingerprint density at radius 3 is 2.75 bits per heavy atom. The topological polar surface area (TPSA) is 69.7 Å². The highest BCUT2D eigenvalue weighted by atomic mass is 32.2. The van der Waals surface area contributed by atoms with Crippen molar-refractivity contribution in [3.05, 3.63) is 41.5 Å². The number of carbonyl (C=O) groups is 1. The maximum Gasteiger partial charge on any atom is 0.330 e. The van der Waals surface area contributed by atoms with Gasteiger partial charge in [0.1, 0.15) is 0 Å². The van der Waals surface area contributed by atoms with Gasteiger partial charge in [-0.3, -0.25) is 4.18 Å². The Hall–Kier alpha value is -1.66. The second kappa shape index (κ2) is 7.81. The summed E-state index contributed by atoms with van der Waals surface area (Å²) >= 11 is 0. The quantitative estimate of drug-likeness (QED) is 0.436. The Labute approximate surface area is 119 Å². The van der Waals surface area contributed by atoms with E-state index in [0.29, 0.717) is 13.0 Å². The number of ether oxygens (including phenoxy) is 1. The number of benzene rings is 1. The Morgan fingerprint density at radius 1 is 1.35 bits per heavy atom. The molecule has 0 aromatic heterocycles. The summed E-state index contributed by atoms with van der Waals surface area (Å²) in [6.45, 7) is 2.18. The van der Waals surface area contributed by atoms with Crippen LogP contribution in [-0.4, -0.2) is 33.9 Å². The standard InChI is InChI=1S/C14H18O5S/c1-3-18-14(15)8-7-12-5-4-6-13(11-12)9-10-19-20(2,16)17/h4-8,11H,3,9-10H2,1-2H3/b8-7+. The largest absolute Gasteiger partial charge is 0.463 e. The summed E-state index contributed by atoms with van der Waals surface area (Å²) in [7, 11) is -3.41. The molecule has 0 heterocycles. The second-order valence-corrected chi connectivity index (χ2v) is 5.75. The zero-order valence-corrected chi connectivity index (χ0v) is 12.4. The fourth-order valence-corrected chi connectivity index (χ4v) is 1.90. The van der Waals surface area contributed by atoms with E-state index in [9.17, 15) is 13.2 Å². The molecule has 1 aromatic carbocycles. The fraction of sp³-hybridized carbons (Fsp3) is 0.357. The van der Waals surface area contributed by atoms with Crippen molar-refractivity contribution < 1.29 is 22.1 Å². The van der Waals surface area contributed by atoms with E-state index < -0.39 is 16.1 Å². The van der Waals surface area contributed by atoms with Crippen LogP contribution in [0.2, 0.25) is 0 Å². The maximum absolute atomic E-state index is 11.2. The molecule has 0 aliphatic rings. The molecule has 0 radical (unpaired) electrons. The highest BCUT2D eigenvalue weighted by Crippen LogP contribution is 2.08. The van der Waals surface area contributed by atoms with E-state index in [1.54, 1.807) is 13.0 Å². The molecule has 6 heteroatoms. The van der Waals surface area contributed by atoms with Gasteiger partial charge in [-0.1, -0.05) is 24.3 Å². The minimum Gasteiger partial charge on any atom is -0.463 e. The van der Waals surface area contributed by atoms with Gasteiger partial charge in [0, 0.05) is 6.08 Å². The SMILES string of the molecule is CCOC(=O)/C=C/c1cccc(CCOS(C)(=O)=O)c1. The van der Waals surface area contributed by atoms with Gasteiger partial charge in [0.25, 0.3) is 10.1 Å². The van der Waals surface area contributed by atoms with Crippen molar-refractivity contribution >= 4 is 22.2 Å². The van der Waals surface area contributed by atoms with Crippen LogP contribution in [0.5, 0.6) is 0 Å². The van der Waals surface area contributed by atoms with E-state index in [1.165, 1.54) is 6.08 Å². The lowest BCUT2D eigenvalue weighted by Gasteiger charge is -2.03. The summed E-state index contributed by atoms with van der Waals surface area (Å²) in [6.07, 6.45) is 4.51. The van der Waals surface area contributed by atoms with Gasteiger partial charge in [-0.2, -0.15) is 8.42 Å². The van der Waals surface area contributed by atoms with Crippen LogP contribution in [-0.2, 0) is 30.3 Å². The molecular formula is C14H18O5S. The molecule has 0 unspecified atom stereocenters. The summed E-state index contributed by atoms with van der Waals surface area (Å²) in [5, 5.41) is 0. The third-order valence-corrected chi connectivity index (χ3v) is 2.93. The smallest absolute Gasteiger partial charge is 0.330 e. The van der Waals surface area contributed by atoms with Gasteiger partial charge in [-0.15, -0.1) is 0 Å². The number of hydrogen-bond donors (Lipinski definition) is 0. The summed E-state index contributed by atoms with van der Waals surface area (Å²) in [6, 6.07) is 7.41. The molecule has 0 aliphatic heterocycles. The molecule has 0 amide bonds. The van der Waals surface area contributed by atoms with Crippen LogP contribution in [0.15, 0.2) is 30.3 Å². The van der Waals surface area contributed by atoms with E-state index in [-0.39, 0.29) is 6.61 Å². The zero-order chi connectivity index (χ0) is 15.0. The second-order valence-electron chi connectivity index (χ2n) is 4.11. The van der Waals surface area contributed by atoms with E-state index in [2.05, 4.69) is 4.18 Å². The average Bonchev–Trinajstić information content (AvgIpc) is 2.36. The highest BCUT2D eigenvalue weighted by Gasteiger charge is 2.02. The van der Waals surface area contributed by atoms with Crippen LogP contribution in [0.25, 0.3) is 6.08 Å². The average molecular weight is 298 g/mol. The molecule has 0 atom stereocenters. The maximum atomic E-state index is 11.2. The first kappa shape index (κ1) is 16.4. The Balaban J connectivity index is 2.59. The minimum atomic E-state index is -3.41. The van der Waals surface area contributed by atoms with E-state index in [1.807, 2.05) is 24.3 Å². The molecular weight excluding hydrogens is 280 g/mol. The van der Waals surface area contributed by atoms with E-state index >= 15 is 0 Å². The molecule has 0 bridgehead atoms. The summed E-state index contributed by atoms with van der Waals surface area (Å²) in [5.41, 5.74) is 1.77. The van der Waals surface area contributed by atoms with Crippen molar-refractivity contribution in [1.82, 2.24) is 0 Å². The zero-order valence-electron chi connectivity index (χ0n) is 11.5. The van der Waals surface area contributed by atoms with Crippen molar-refractivity contribution in [3.63, 3.8) is 0 Å².